The second-order valence-corrected chi connectivity index (χ2v) is 8.26. The van der Waals surface area contributed by atoms with E-state index in [1.807, 2.05) is 30.3 Å². The number of amides is 2. The number of ether oxygens (including phenoxy) is 2. The van der Waals surface area contributed by atoms with Crippen molar-refractivity contribution < 1.29 is 19.1 Å². The summed E-state index contributed by atoms with van der Waals surface area (Å²) in [4.78, 5) is 25.3. The second-order valence-electron chi connectivity index (χ2n) is 7.77. The summed E-state index contributed by atoms with van der Waals surface area (Å²) in [5.41, 5.74) is 5.61. The Labute approximate surface area is 171 Å². The van der Waals surface area contributed by atoms with Gasteiger partial charge in [0.15, 0.2) is 0 Å². The van der Waals surface area contributed by atoms with Crippen molar-refractivity contribution in [3.8, 4) is 0 Å². The standard InChI is InChI=1S/C20H29N3O4S/c1-20(2,3)27-19(25)21-16(12-14-8-5-4-6-9-14)18(24)23-22-17(28)13-15-10-7-11-26-15/h4-6,8-9,15-16H,7,10-13H2,1-3H3,(H,21,25)(H,22,28)(H,23,24). The van der Waals surface area contributed by atoms with E-state index in [4.69, 9.17) is 21.7 Å². The van der Waals surface area contributed by atoms with Gasteiger partial charge in [-0.2, -0.15) is 0 Å². The summed E-state index contributed by atoms with van der Waals surface area (Å²) in [6.07, 6.45) is 2.32. The molecule has 1 aromatic carbocycles. The average molecular weight is 408 g/mol. The molecule has 28 heavy (non-hydrogen) atoms. The van der Waals surface area contributed by atoms with Gasteiger partial charge in [0.2, 0.25) is 0 Å². The van der Waals surface area contributed by atoms with Crippen molar-refractivity contribution in [2.45, 2.75) is 64.2 Å². The van der Waals surface area contributed by atoms with Crippen LogP contribution in [0.25, 0.3) is 0 Å². The summed E-state index contributed by atoms with van der Waals surface area (Å²) in [7, 11) is 0. The van der Waals surface area contributed by atoms with Gasteiger partial charge >= 0.3 is 6.09 Å². The van der Waals surface area contributed by atoms with Crippen molar-refractivity contribution in [2.75, 3.05) is 6.61 Å². The Morgan fingerprint density at radius 1 is 1.25 bits per heavy atom. The maximum absolute atomic E-state index is 12.7. The van der Waals surface area contributed by atoms with Crippen LogP contribution in [0.1, 0.15) is 45.6 Å². The first kappa shape index (κ1) is 22.1. The van der Waals surface area contributed by atoms with Crippen LogP contribution in [0.2, 0.25) is 0 Å². The smallest absolute Gasteiger partial charge is 0.408 e. The third-order valence-corrected chi connectivity index (χ3v) is 4.32. The predicted molar refractivity (Wildman–Crippen MR) is 111 cm³/mol. The van der Waals surface area contributed by atoms with Crippen LogP contribution in [-0.4, -0.2) is 41.3 Å². The number of rotatable bonds is 6. The molecule has 0 spiro atoms. The van der Waals surface area contributed by atoms with Crippen LogP contribution < -0.4 is 16.2 Å². The Kier molecular flexibility index (Phi) is 8.19. The maximum atomic E-state index is 12.7. The van der Waals surface area contributed by atoms with E-state index in [1.165, 1.54) is 0 Å². The van der Waals surface area contributed by atoms with Gasteiger partial charge < -0.3 is 14.8 Å². The number of carbonyl (C=O) groups is 2. The van der Waals surface area contributed by atoms with E-state index in [-0.39, 0.29) is 6.10 Å². The topological polar surface area (TPSA) is 88.7 Å². The summed E-state index contributed by atoms with van der Waals surface area (Å²) < 4.78 is 10.8. The minimum atomic E-state index is -0.810. The fourth-order valence-corrected chi connectivity index (χ4v) is 3.03. The minimum absolute atomic E-state index is 0.0944. The Balaban J connectivity index is 1.93. The molecule has 1 aliphatic rings. The lowest BCUT2D eigenvalue weighted by atomic mass is 10.1. The van der Waals surface area contributed by atoms with E-state index in [1.54, 1.807) is 20.8 Å². The van der Waals surface area contributed by atoms with Crippen LogP contribution in [0.15, 0.2) is 30.3 Å². The van der Waals surface area contributed by atoms with Crippen molar-refractivity contribution in [2.24, 2.45) is 0 Å². The number of hydrogen-bond acceptors (Lipinski definition) is 5. The van der Waals surface area contributed by atoms with Crippen molar-refractivity contribution in [3.05, 3.63) is 35.9 Å². The summed E-state index contributed by atoms with van der Waals surface area (Å²) in [6, 6.07) is 8.64. The van der Waals surface area contributed by atoms with Crippen molar-refractivity contribution in [3.63, 3.8) is 0 Å². The number of benzene rings is 1. The van der Waals surface area contributed by atoms with Gasteiger partial charge in [-0.3, -0.25) is 15.6 Å². The molecule has 0 radical (unpaired) electrons. The molecular formula is C20H29N3O4S. The number of hydrogen-bond donors (Lipinski definition) is 3. The van der Waals surface area contributed by atoms with Crippen LogP contribution in [0.5, 0.6) is 0 Å². The van der Waals surface area contributed by atoms with Crippen molar-refractivity contribution in [1.29, 1.82) is 0 Å². The first-order valence-electron chi connectivity index (χ1n) is 9.46. The molecule has 1 heterocycles. The van der Waals surface area contributed by atoms with Crippen LogP contribution >= 0.6 is 12.2 Å². The molecule has 0 aliphatic carbocycles. The number of alkyl carbamates (subject to hydrolysis) is 1. The molecule has 2 amide bonds. The highest BCUT2D eigenvalue weighted by atomic mass is 32.1. The first-order chi connectivity index (χ1) is 13.2. The highest BCUT2D eigenvalue weighted by Gasteiger charge is 2.25. The molecule has 1 aliphatic heterocycles. The molecule has 154 valence electrons. The van der Waals surface area contributed by atoms with E-state index in [0.29, 0.717) is 17.8 Å². The lowest BCUT2D eigenvalue weighted by Gasteiger charge is -2.23. The summed E-state index contributed by atoms with van der Waals surface area (Å²) in [5, 5.41) is 2.64. The normalized spacial score (nSPS) is 17.5. The van der Waals surface area contributed by atoms with Gasteiger partial charge in [-0.25, -0.2) is 4.79 Å². The Bertz CT molecular complexity index is 670. The number of hydrazine groups is 1. The second kappa shape index (κ2) is 10.4. The SMILES string of the molecule is CC(C)(C)OC(=O)NC(Cc1ccccc1)C(=O)NNC(=S)CC1CCCO1. The lowest BCUT2D eigenvalue weighted by Crippen LogP contribution is -2.53. The molecule has 2 unspecified atom stereocenters. The average Bonchev–Trinajstić information content (AvgIpc) is 3.11. The number of carbonyl (C=O) groups excluding carboxylic acids is 2. The minimum Gasteiger partial charge on any atom is -0.444 e. The monoisotopic (exact) mass is 407 g/mol. The fraction of sp³-hybridized carbons (Fsp3) is 0.550. The van der Waals surface area contributed by atoms with Crippen LogP contribution in [0.4, 0.5) is 4.79 Å². The fourth-order valence-electron chi connectivity index (χ4n) is 2.79. The van der Waals surface area contributed by atoms with Crippen molar-refractivity contribution >= 4 is 29.2 Å². The molecule has 1 saturated heterocycles. The molecule has 2 rings (SSSR count). The van der Waals surface area contributed by atoms with Gasteiger partial charge in [0.25, 0.3) is 5.91 Å². The van der Waals surface area contributed by atoms with E-state index < -0.39 is 23.6 Å². The summed E-state index contributed by atoms with van der Waals surface area (Å²) >= 11 is 5.27. The molecule has 0 aromatic heterocycles. The van der Waals surface area contributed by atoms with Gasteiger partial charge in [-0.15, -0.1) is 0 Å². The molecule has 0 saturated carbocycles. The molecule has 2 atom stereocenters. The molecule has 3 N–H and O–H groups in total. The zero-order valence-electron chi connectivity index (χ0n) is 16.6. The van der Waals surface area contributed by atoms with E-state index >= 15 is 0 Å². The zero-order valence-corrected chi connectivity index (χ0v) is 17.4. The van der Waals surface area contributed by atoms with Gasteiger partial charge in [0.1, 0.15) is 11.6 Å². The van der Waals surface area contributed by atoms with Crippen LogP contribution in [0, 0.1) is 0 Å². The van der Waals surface area contributed by atoms with Crippen molar-refractivity contribution in [1.82, 2.24) is 16.2 Å². The van der Waals surface area contributed by atoms with Gasteiger partial charge in [-0.1, -0.05) is 42.5 Å². The third kappa shape index (κ3) is 8.22. The summed E-state index contributed by atoms with van der Waals surface area (Å²) in [6.45, 7) is 6.05. The van der Waals surface area contributed by atoms with E-state index in [9.17, 15) is 9.59 Å². The highest BCUT2D eigenvalue weighted by molar-refractivity contribution is 7.80. The Hall–Kier alpha value is -2.19. The Morgan fingerprint density at radius 3 is 2.57 bits per heavy atom. The van der Waals surface area contributed by atoms with Crippen LogP contribution in [0.3, 0.4) is 0 Å². The van der Waals surface area contributed by atoms with E-state index in [0.717, 1.165) is 25.0 Å². The molecule has 8 heteroatoms. The lowest BCUT2D eigenvalue weighted by molar-refractivity contribution is -0.123. The highest BCUT2D eigenvalue weighted by Crippen LogP contribution is 2.15. The third-order valence-electron chi connectivity index (χ3n) is 4.05. The van der Waals surface area contributed by atoms with Gasteiger partial charge in [0, 0.05) is 19.4 Å². The van der Waals surface area contributed by atoms with E-state index in [2.05, 4.69) is 16.2 Å². The number of thiocarbonyl (C=S) groups is 1. The molecular weight excluding hydrogens is 378 g/mol. The quantitative estimate of drug-likeness (QED) is 0.496. The maximum Gasteiger partial charge on any atom is 0.408 e. The number of nitrogens with one attached hydrogen (secondary N) is 3. The van der Waals surface area contributed by atoms with Crippen LogP contribution in [-0.2, 0) is 20.7 Å². The molecule has 7 nitrogen and oxygen atoms in total. The largest absolute Gasteiger partial charge is 0.444 e. The van der Waals surface area contributed by atoms with Gasteiger partial charge in [-0.05, 0) is 39.2 Å². The van der Waals surface area contributed by atoms with Gasteiger partial charge in [0.05, 0.1) is 11.1 Å². The first-order valence-corrected chi connectivity index (χ1v) is 9.87. The Morgan fingerprint density at radius 2 is 1.96 bits per heavy atom. The molecule has 1 fully saturated rings. The molecule has 1 aromatic rings. The molecule has 0 bridgehead atoms. The zero-order chi connectivity index (χ0) is 20.6. The summed E-state index contributed by atoms with van der Waals surface area (Å²) in [5.74, 6) is -0.399. The predicted octanol–water partition coefficient (Wildman–Crippen LogP) is 2.64.